The fourth-order valence-corrected chi connectivity index (χ4v) is 2.65. The first kappa shape index (κ1) is 15.2. The van der Waals surface area contributed by atoms with Gasteiger partial charge in [0.2, 0.25) is 5.95 Å². The third kappa shape index (κ3) is 3.05. The summed E-state index contributed by atoms with van der Waals surface area (Å²) >= 11 is 0. The minimum Gasteiger partial charge on any atom is -0.390 e. The lowest BCUT2D eigenvalue weighted by Crippen LogP contribution is -1.97. The van der Waals surface area contributed by atoms with E-state index in [1.54, 1.807) is 29.0 Å². The molecule has 4 rings (SSSR count). The molecule has 2 N–H and O–H groups in total. The van der Waals surface area contributed by atoms with E-state index in [2.05, 4.69) is 25.4 Å². The monoisotopic (exact) mass is 332 g/mol. The summed E-state index contributed by atoms with van der Waals surface area (Å²) < 4.78 is 1.80. The van der Waals surface area contributed by atoms with Gasteiger partial charge >= 0.3 is 0 Å². The summed E-state index contributed by atoms with van der Waals surface area (Å²) in [5.41, 5.74) is 5.01. The van der Waals surface area contributed by atoms with Crippen LogP contribution in [-0.4, -0.2) is 29.7 Å². The molecule has 25 heavy (non-hydrogen) atoms. The Bertz CT molecular complexity index is 1040. The van der Waals surface area contributed by atoms with Crippen LogP contribution in [0.4, 0.5) is 11.6 Å². The van der Waals surface area contributed by atoms with Crippen molar-refractivity contribution in [3.05, 3.63) is 66.2 Å². The van der Waals surface area contributed by atoms with E-state index in [1.165, 1.54) is 0 Å². The van der Waals surface area contributed by atoms with Crippen molar-refractivity contribution < 1.29 is 5.11 Å². The second-order valence-electron chi connectivity index (χ2n) is 5.62. The van der Waals surface area contributed by atoms with Gasteiger partial charge in [0.05, 0.1) is 18.0 Å². The maximum absolute atomic E-state index is 9.20. The normalized spacial score (nSPS) is 11.0. The van der Waals surface area contributed by atoms with E-state index in [0.29, 0.717) is 11.6 Å². The highest BCUT2D eigenvalue weighted by atomic mass is 16.3. The quantitative estimate of drug-likeness (QED) is 0.597. The van der Waals surface area contributed by atoms with Crippen LogP contribution in [-0.2, 0) is 6.61 Å². The Morgan fingerprint density at radius 3 is 2.80 bits per heavy atom. The molecular formula is C18H16N6O. The Kier molecular flexibility index (Phi) is 3.83. The number of fused-ring (bicyclic) bond motifs is 1. The molecule has 0 saturated carbocycles. The van der Waals surface area contributed by atoms with Crippen molar-refractivity contribution >= 4 is 17.3 Å². The third-order valence-electron chi connectivity index (χ3n) is 3.79. The van der Waals surface area contributed by atoms with Crippen LogP contribution in [0.3, 0.4) is 0 Å². The Labute approximate surface area is 144 Å². The maximum Gasteiger partial charge on any atom is 0.247 e. The van der Waals surface area contributed by atoms with E-state index in [4.69, 9.17) is 0 Å². The summed E-state index contributed by atoms with van der Waals surface area (Å²) in [6.07, 6.45) is 3.42. The summed E-state index contributed by atoms with van der Waals surface area (Å²) in [4.78, 5) is 12.8. The number of anilines is 2. The summed E-state index contributed by atoms with van der Waals surface area (Å²) in [6.45, 7) is 1.85. The van der Waals surface area contributed by atoms with Gasteiger partial charge in [0.1, 0.15) is 0 Å². The van der Waals surface area contributed by atoms with Gasteiger partial charge in [-0.15, -0.1) is 5.10 Å². The molecule has 0 fully saturated rings. The zero-order valence-corrected chi connectivity index (χ0v) is 13.6. The van der Waals surface area contributed by atoms with Crippen LogP contribution in [0, 0.1) is 6.92 Å². The van der Waals surface area contributed by atoms with E-state index in [9.17, 15) is 5.11 Å². The first-order valence-corrected chi connectivity index (χ1v) is 7.84. The molecule has 0 amide bonds. The zero-order chi connectivity index (χ0) is 17.2. The zero-order valence-electron chi connectivity index (χ0n) is 13.6. The molecule has 0 bridgehead atoms. The highest BCUT2D eigenvalue weighted by Crippen LogP contribution is 2.22. The third-order valence-corrected chi connectivity index (χ3v) is 3.79. The van der Waals surface area contributed by atoms with Gasteiger partial charge in [0.25, 0.3) is 0 Å². The highest BCUT2D eigenvalue weighted by molar-refractivity contribution is 5.64. The number of nitrogens with zero attached hydrogens (tertiary/aromatic N) is 5. The van der Waals surface area contributed by atoms with Crippen LogP contribution < -0.4 is 5.32 Å². The molecule has 0 aliphatic carbocycles. The first-order chi connectivity index (χ1) is 12.2. The van der Waals surface area contributed by atoms with Crippen molar-refractivity contribution in [3.63, 3.8) is 0 Å². The number of nitrogens with one attached hydrogen (secondary N) is 1. The number of hydrogen-bond donors (Lipinski definition) is 2. The molecule has 7 heteroatoms. The van der Waals surface area contributed by atoms with Gasteiger partial charge < -0.3 is 10.4 Å². The Morgan fingerprint density at radius 1 is 1.08 bits per heavy atom. The van der Waals surface area contributed by atoms with Gasteiger partial charge in [-0.3, -0.25) is 9.97 Å². The first-order valence-electron chi connectivity index (χ1n) is 7.84. The number of hydrogen-bond acceptors (Lipinski definition) is 6. The van der Waals surface area contributed by atoms with E-state index in [1.807, 2.05) is 37.3 Å². The van der Waals surface area contributed by atoms with Gasteiger partial charge in [-0.2, -0.15) is 4.98 Å². The van der Waals surface area contributed by atoms with Gasteiger partial charge in [0, 0.05) is 29.3 Å². The Morgan fingerprint density at radius 2 is 1.96 bits per heavy atom. The lowest BCUT2D eigenvalue weighted by atomic mass is 10.1. The molecular weight excluding hydrogens is 316 g/mol. The molecule has 0 aliphatic rings. The van der Waals surface area contributed by atoms with Crippen LogP contribution in [0.5, 0.6) is 0 Å². The summed E-state index contributed by atoms with van der Waals surface area (Å²) in [5.74, 6) is 0.480. The SMILES string of the molecule is Cc1cc(-c2cccc3nc(Nc4ccnc(CO)c4)nn23)ccn1. The Hall–Kier alpha value is -3.32. The fourth-order valence-electron chi connectivity index (χ4n) is 2.65. The predicted octanol–water partition coefficient (Wildman–Crippen LogP) is 2.73. The van der Waals surface area contributed by atoms with Crippen molar-refractivity contribution in [2.75, 3.05) is 5.32 Å². The maximum atomic E-state index is 9.20. The molecule has 0 atom stereocenters. The molecule has 4 aromatic rings. The molecule has 0 aromatic carbocycles. The molecule has 0 spiro atoms. The van der Waals surface area contributed by atoms with Gasteiger partial charge in [-0.1, -0.05) is 6.07 Å². The van der Waals surface area contributed by atoms with Gasteiger partial charge in [-0.25, -0.2) is 4.52 Å². The van der Waals surface area contributed by atoms with Crippen molar-refractivity contribution in [1.29, 1.82) is 0 Å². The van der Waals surface area contributed by atoms with E-state index < -0.39 is 0 Å². The number of aliphatic hydroxyl groups is 1. The molecule has 7 nitrogen and oxygen atoms in total. The minimum atomic E-state index is -0.111. The van der Waals surface area contributed by atoms with Gasteiger partial charge in [0.15, 0.2) is 5.65 Å². The lowest BCUT2D eigenvalue weighted by Gasteiger charge is -2.04. The number of aliphatic hydroxyl groups excluding tert-OH is 1. The van der Waals surface area contributed by atoms with Crippen molar-refractivity contribution in [3.8, 4) is 11.3 Å². The average molecular weight is 332 g/mol. The largest absolute Gasteiger partial charge is 0.390 e. The summed E-state index contributed by atoms with van der Waals surface area (Å²) in [7, 11) is 0. The number of aryl methyl sites for hydroxylation is 1. The molecule has 0 radical (unpaired) electrons. The van der Waals surface area contributed by atoms with Crippen molar-refractivity contribution in [2.24, 2.45) is 0 Å². The van der Waals surface area contributed by atoms with E-state index in [0.717, 1.165) is 28.3 Å². The molecule has 0 aliphatic heterocycles. The Balaban J connectivity index is 1.74. The van der Waals surface area contributed by atoms with Crippen molar-refractivity contribution in [1.82, 2.24) is 24.6 Å². The topological polar surface area (TPSA) is 88.2 Å². The van der Waals surface area contributed by atoms with E-state index in [-0.39, 0.29) is 6.61 Å². The second-order valence-corrected chi connectivity index (χ2v) is 5.62. The molecule has 4 aromatic heterocycles. The van der Waals surface area contributed by atoms with E-state index >= 15 is 0 Å². The highest BCUT2D eigenvalue weighted by Gasteiger charge is 2.09. The molecule has 0 saturated heterocycles. The minimum absolute atomic E-state index is 0.111. The summed E-state index contributed by atoms with van der Waals surface area (Å²) in [5, 5.41) is 16.9. The van der Waals surface area contributed by atoms with Gasteiger partial charge in [-0.05, 0) is 43.3 Å². The fraction of sp³-hybridized carbons (Fsp3) is 0.111. The summed E-state index contributed by atoms with van der Waals surface area (Å²) in [6, 6.07) is 13.4. The molecule has 124 valence electrons. The molecule has 4 heterocycles. The van der Waals surface area contributed by atoms with Crippen LogP contribution >= 0.6 is 0 Å². The smallest absolute Gasteiger partial charge is 0.247 e. The predicted molar refractivity (Wildman–Crippen MR) is 94.4 cm³/mol. The average Bonchev–Trinajstić information content (AvgIpc) is 3.04. The van der Waals surface area contributed by atoms with Crippen LogP contribution in [0.1, 0.15) is 11.4 Å². The number of pyridine rings is 3. The number of rotatable bonds is 4. The molecule has 0 unspecified atom stereocenters. The second kappa shape index (κ2) is 6.29. The van der Waals surface area contributed by atoms with Crippen molar-refractivity contribution in [2.45, 2.75) is 13.5 Å². The standard InChI is InChI=1S/C18H16N6O/c1-12-9-13(5-7-19-12)16-3-2-4-17-22-18(23-24(16)17)21-14-6-8-20-15(10-14)11-25/h2-10,25H,11H2,1H3,(H,20,21,23). The lowest BCUT2D eigenvalue weighted by molar-refractivity contribution is 0.277. The van der Waals surface area contributed by atoms with Crippen LogP contribution in [0.2, 0.25) is 0 Å². The van der Waals surface area contributed by atoms with Crippen LogP contribution in [0.15, 0.2) is 54.9 Å². The number of aromatic nitrogens is 5. The van der Waals surface area contributed by atoms with Crippen LogP contribution in [0.25, 0.3) is 16.9 Å².